The molecule has 1 atom stereocenters. The minimum atomic E-state index is -3.47. The van der Waals surface area contributed by atoms with Crippen LogP contribution in [0.4, 0.5) is 0 Å². The van der Waals surface area contributed by atoms with Crippen molar-refractivity contribution in [3.8, 4) is 0 Å². The van der Waals surface area contributed by atoms with Gasteiger partial charge in [-0.2, -0.15) is 0 Å². The molecule has 2 N–H and O–H groups in total. The Morgan fingerprint density at radius 1 is 1.40 bits per heavy atom. The van der Waals surface area contributed by atoms with Gasteiger partial charge in [0.15, 0.2) is 0 Å². The monoisotopic (exact) mass is 298 g/mol. The predicted octanol–water partition coefficient (Wildman–Crippen LogP) is 1.25. The quantitative estimate of drug-likeness (QED) is 0.829. The first-order valence-electron chi connectivity index (χ1n) is 7.01. The highest BCUT2D eigenvalue weighted by Crippen LogP contribution is 2.14. The molecular weight excluding hydrogens is 276 g/mol. The van der Waals surface area contributed by atoms with E-state index in [9.17, 15) is 8.42 Å². The molecule has 0 aliphatic carbocycles. The first-order valence-corrected chi connectivity index (χ1v) is 8.50. The zero-order valence-corrected chi connectivity index (χ0v) is 12.6. The first-order chi connectivity index (χ1) is 9.62. The van der Waals surface area contributed by atoms with Crippen LogP contribution in [-0.2, 0) is 21.3 Å². The maximum atomic E-state index is 12.3. The van der Waals surface area contributed by atoms with E-state index in [0.29, 0.717) is 18.0 Å². The molecule has 0 aromatic heterocycles. The van der Waals surface area contributed by atoms with Crippen LogP contribution in [0.15, 0.2) is 29.2 Å². The lowest BCUT2D eigenvalue weighted by molar-refractivity contribution is 0.0774. The first kappa shape index (κ1) is 15.4. The van der Waals surface area contributed by atoms with Crippen molar-refractivity contribution in [3.63, 3.8) is 0 Å². The van der Waals surface area contributed by atoms with Gasteiger partial charge in [-0.15, -0.1) is 0 Å². The Hall–Kier alpha value is -0.950. The average Bonchev–Trinajstić information content (AvgIpc) is 2.46. The highest BCUT2D eigenvalue weighted by Gasteiger charge is 2.22. The third-order valence-electron chi connectivity index (χ3n) is 3.27. The Bertz CT molecular complexity index is 525. The van der Waals surface area contributed by atoms with Gasteiger partial charge in [0, 0.05) is 19.2 Å². The summed E-state index contributed by atoms with van der Waals surface area (Å²) in [4.78, 5) is 0.318. The standard InChI is InChI=1S/C14H22N2O3S/c1-2-15-10-12-5-3-7-14(9-12)20(17,18)16-13-6-4-8-19-11-13/h3,5,7,9,13,15-16H,2,4,6,8,10-11H2,1H3. The molecule has 1 saturated heterocycles. The molecule has 1 aliphatic heterocycles. The van der Waals surface area contributed by atoms with E-state index in [1.807, 2.05) is 13.0 Å². The second-order valence-electron chi connectivity index (χ2n) is 4.96. The van der Waals surface area contributed by atoms with Crippen molar-refractivity contribution in [1.29, 1.82) is 0 Å². The Kier molecular flexibility index (Phi) is 5.54. The summed E-state index contributed by atoms with van der Waals surface area (Å²) in [6.07, 6.45) is 1.73. The van der Waals surface area contributed by atoms with Crippen LogP contribution >= 0.6 is 0 Å². The lowest BCUT2D eigenvalue weighted by Gasteiger charge is -2.23. The molecule has 1 aromatic carbocycles. The van der Waals surface area contributed by atoms with Crippen LogP contribution in [0.5, 0.6) is 0 Å². The van der Waals surface area contributed by atoms with Crippen molar-refractivity contribution in [2.75, 3.05) is 19.8 Å². The van der Waals surface area contributed by atoms with E-state index in [1.54, 1.807) is 18.2 Å². The zero-order valence-electron chi connectivity index (χ0n) is 11.8. The summed E-state index contributed by atoms with van der Waals surface area (Å²) in [5.74, 6) is 0. The summed E-state index contributed by atoms with van der Waals surface area (Å²) in [5.41, 5.74) is 0.967. The van der Waals surface area contributed by atoms with Crippen LogP contribution in [0, 0.1) is 0 Å². The molecule has 1 aromatic rings. The minimum absolute atomic E-state index is 0.119. The second kappa shape index (κ2) is 7.17. The third-order valence-corrected chi connectivity index (χ3v) is 4.79. The highest BCUT2D eigenvalue weighted by molar-refractivity contribution is 7.89. The number of hydrogen-bond donors (Lipinski definition) is 2. The normalized spacial score (nSPS) is 19.9. The fourth-order valence-corrected chi connectivity index (χ4v) is 3.54. The van der Waals surface area contributed by atoms with Crippen LogP contribution in [0.25, 0.3) is 0 Å². The van der Waals surface area contributed by atoms with Crippen LogP contribution in [0.3, 0.4) is 0 Å². The van der Waals surface area contributed by atoms with Gasteiger partial charge in [-0.3, -0.25) is 0 Å². The molecule has 0 amide bonds. The van der Waals surface area contributed by atoms with Crippen molar-refractivity contribution < 1.29 is 13.2 Å². The largest absolute Gasteiger partial charge is 0.380 e. The summed E-state index contributed by atoms with van der Waals surface area (Å²) >= 11 is 0. The Morgan fingerprint density at radius 2 is 2.25 bits per heavy atom. The molecule has 0 radical (unpaired) electrons. The minimum Gasteiger partial charge on any atom is -0.380 e. The second-order valence-corrected chi connectivity index (χ2v) is 6.68. The maximum Gasteiger partial charge on any atom is 0.240 e. The molecule has 20 heavy (non-hydrogen) atoms. The lowest BCUT2D eigenvalue weighted by Crippen LogP contribution is -2.40. The van der Waals surface area contributed by atoms with E-state index in [0.717, 1.165) is 31.6 Å². The molecule has 1 fully saturated rings. The van der Waals surface area contributed by atoms with Gasteiger partial charge in [-0.1, -0.05) is 19.1 Å². The molecule has 5 nitrogen and oxygen atoms in total. The molecule has 0 bridgehead atoms. The predicted molar refractivity (Wildman–Crippen MR) is 78.0 cm³/mol. The van der Waals surface area contributed by atoms with Gasteiger partial charge in [-0.25, -0.2) is 13.1 Å². The summed E-state index contributed by atoms with van der Waals surface area (Å²) in [7, 11) is -3.47. The van der Waals surface area contributed by atoms with Crippen molar-refractivity contribution in [1.82, 2.24) is 10.0 Å². The van der Waals surface area contributed by atoms with E-state index in [4.69, 9.17) is 4.74 Å². The summed E-state index contributed by atoms with van der Waals surface area (Å²) in [5, 5.41) is 3.19. The molecule has 1 heterocycles. The zero-order chi connectivity index (χ0) is 14.4. The maximum absolute atomic E-state index is 12.3. The average molecular weight is 298 g/mol. The number of benzene rings is 1. The van der Waals surface area contributed by atoms with Crippen LogP contribution in [0.2, 0.25) is 0 Å². The number of hydrogen-bond acceptors (Lipinski definition) is 4. The van der Waals surface area contributed by atoms with Crippen molar-refractivity contribution in [2.45, 2.75) is 37.2 Å². The van der Waals surface area contributed by atoms with Gasteiger partial charge in [0.2, 0.25) is 10.0 Å². The molecule has 0 spiro atoms. The van der Waals surface area contributed by atoms with E-state index >= 15 is 0 Å². The van der Waals surface area contributed by atoms with Gasteiger partial charge >= 0.3 is 0 Å². The van der Waals surface area contributed by atoms with Crippen LogP contribution < -0.4 is 10.0 Å². The number of sulfonamides is 1. The Balaban J connectivity index is 2.07. The summed E-state index contributed by atoms with van der Waals surface area (Å²) in [6, 6.07) is 6.92. The van der Waals surface area contributed by atoms with Crippen molar-refractivity contribution in [2.24, 2.45) is 0 Å². The fourth-order valence-electron chi connectivity index (χ4n) is 2.21. The van der Waals surface area contributed by atoms with Crippen LogP contribution in [-0.4, -0.2) is 34.2 Å². The van der Waals surface area contributed by atoms with Gasteiger partial charge in [0.25, 0.3) is 0 Å². The lowest BCUT2D eigenvalue weighted by atomic mass is 10.1. The van der Waals surface area contributed by atoms with Crippen molar-refractivity contribution >= 4 is 10.0 Å². The van der Waals surface area contributed by atoms with Gasteiger partial charge in [-0.05, 0) is 37.1 Å². The van der Waals surface area contributed by atoms with E-state index < -0.39 is 10.0 Å². The Labute approximate surface area is 120 Å². The van der Waals surface area contributed by atoms with Gasteiger partial charge in [0.05, 0.1) is 11.5 Å². The van der Waals surface area contributed by atoms with E-state index in [1.165, 1.54) is 0 Å². The summed E-state index contributed by atoms with van der Waals surface area (Å²) < 4.78 is 32.7. The molecule has 112 valence electrons. The number of rotatable bonds is 6. The molecule has 2 rings (SSSR count). The van der Waals surface area contributed by atoms with Crippen LogP contribution in [0.1, 0.15) is 25.3 Å². The SMILES string of the molecule is CCNCc1cccc(S(=O)(=O)NC2CCCOC2)c1. The fraction of sp³-hybridized carbons (Fsp3) is 0.571. The number of ether oxygens (including phenoxy) is 1. The van der Waals surface area contributed by atoms with Gasteiger partial charge in [0.1, 0.15) is 0 Å². The molecule has 1 unspecified atom stereocenters. The van der Waals surface area contributed by atoms with E-state index in [-0.39, 0.29) is 6.04 Å². The Morgan fingerprint density at radius 3 is 2.95 bits per heavy atom. The topological polar surface area (TPSA) is 67.4 Å². The van der Waals surface area contributed by atoms with Gasteiger partial charge < -0.3 is 10.1 Å². The summed E-state index contributed by atoms with van der Waals surface area (Å²) in [6.45, 7) is 4.72. The number of nitrogens with one attached hydrogen (secondary N) is 2. The molecule has 0 saturated carbocycles. The molecule has 1 aliphatic rings. The highest BCUT2D eigenvalue weighted by atomic mass is 32.2. The molecule has 6 heteroatoms. The molecular formula is C14H22N2O3S. The van der Waals surface area contributed by atoms with E-state index in [2.05, 4.69) is 10.0 Å². The smallest absolute Gasteiger partial charge is 0.240 e. The third kappa shape index (κ3) is 4.28. The van der Waals surface area contributed by atoms with Crippen molar-refractivity contribution in [3.05, 3.63) is 29.8 Å².